The Morgan fingerprint density at radius 2 is 1.76 bits per heavy atom. The maximum atomic E-state index is 13.0. The number of piperazine rings is 1. The topological polar surface area (TPSA) is 61.4 Å². The molecular formula is C23H25N5O. The number of carbonyl (C=O) groups is 1. The van der Waals surface area contributed by atoms with Crippen LogP contribution in [0.2, 0.25) is 0 Å². The van der Waals surface area contributed by atoms with Crippen LogP contribution in [0.15, 0.2) is 61.1 Å². The van der Waals surface area contributed by atoms with Crippen LogP contribution in [0.25, 0.3) is 0 Å². The molecule has 6 nitrogen and oxygen atoms in total. The van der Waals surface area contributed by atoms with Gasteiger partial charge in [-0.2, -0.15) is 0 Å². The zero-order valence-corrected chi connectivity index (χ0v) is 16.8. The van der Waals surface area contributed by atoms with E-state index in [9.17, 15) is 4.79 Å². The third-order valence-corrected chi connectivity index (χ3v) is 5.32. The van der Waals surface area contributed by atoms with Gasteiger partial charge in [0.05, 0.1) is 17.4 Å². The maximum absolute atomic E-state index is 13.0. The smallest absolute Gasteiger partial charge is 0.255 e. The molecule has 1 amide bonds. The third kappa shape index (κ3) is 4.37. The van der Waals surface area contributed by atoms with Crippen LogP contribution in [0, 0.1) is 13.8 Å². The normalized spacial score (nSPS) is 14.0. The van der Waals surface area contributed by atoms with Crippen molar-refractivity contribution >= 4 is 23.1 Å². The fourth-order valence-electron chi connectivity index (χ4n) is 3.47. The molecule has 2 aromatic heterocycles. The molecule has 0 unspecified atom stereocenters. The van der Waals surface area contributed by atoms with Gasteiger partial charge in [-0.3, -0.25) is 9.78 Å². The van der Waals surface area contributed by atoms with Gasteiger partial charge in [-0.25, -0.2) is 4.98 Å². The van der Waals surface area contributed by atoms with Crippen LogP contribution in [0.4, 0.5) is 17.2 Å². The van der Waals surface area contributed by atoms with Gasteiger partial charge in [0.2, 0.25) is 0 Å². The van der Waals surface area contributed by atoms with Gasteiger partial charge in [0.15, 0.2) is 0 Å². The van der Waals surface area contributed by atoms with Gasteiger partial charge in [0, 0.05) is 44.3 Å². The van der Waals surface area contributed by atoms with Crippen molar-refractivity contribution < 1.29 is 4.79 Å². The Morgan fingerprint density at radius 3 is 2.48 bits per heavy atom. The van der Waals surface area contributed by atoms with Crippen molar-refractivity contribution in [2.24, 2.45) is 0 Å². The number of pyridine rings is 2. The summed E-state index contributed by atoms with van der Waals surface area (Å²) in [5.41, 5.74) is 4.88. The van der Waals surface area contributed by atoms with Gasteiger partial charge in [-0.05, 0) is 55.3 Å². The molecule has 1 aliphatic rings. The van der Waals surface area contributed by atoms with Crippen LogP contribution in [-0.2, 0) is 0 Å². The number of carbonyl (C=O) groups excluding carboxylic acids is 1. The Balaban J connectivity index is 1.41. The first-order valence-electron chi connectivity index (χ1n) is 9.85. The number of amides is 1. The van der Waals surface area contributed by atoms with E-state index in [1.165, 1.54) is 11.1 Å². The molecule has 0 atom stereocenters. The second-order valence-corrected chi connectivity index (χ2v) is 7.35. The maximum Gasteiger partial charge on any atom is 0.255 e. The molecule has 29 heavy (non-hydrogen) atoms. The van der Waals surface area contributed by atoms with E-state index in [1.807, 2.05) is 35.2 Å². The molecule has 0 bridgehead atoms. The number of anilines is 3. The summed E-state index contributed by atoms with van der Waals surface area (Å²) in [6.45, 7) is 7.07. The number of nitrogens with zero attached hydrogens (tertiary/aromatic N) is 4. The number of aryl methyl sites for hydroxylation is 2. The van der Waals surface area contributed by atoms with E-state index < -0.39 is 0 Å². The van der Waals surface area contributed by atoms with E-state index in [4.69, 9.17) is 0 Å². The van der Waals surface area contributed by atoms with Crippen molar-refractivity contribution in [1.29, 1.82) is 0 Å². The van der Waals surface area contributed by atoms with Crippen molar-refractivity contribution in [1.82, 2.24) is 14.9 Å². The predicted molar refractivity (Wildman–Crippen MR) is 116 cm³/mol. The summed E-state index contributed by atoms with van der Waals surface area (Å²) in [6.07, 6.45) is 5.18. The Bertz CT molecular complexity index is 997. The first-order chi connectivity index (χ1) is 14.1. The van der Waals surface area contributed by atoms with Gasteiger partial charge in [0.1, 0.15) is 5.82 Å². The van der Waals surface area contributed by atoms with E-state index in [0.717, 1.165) is 30.3 Å². The minimum atomic E-state index is 0.0157. The van der Waals surface area contributed by atoms with Crippen LogP contribution >= 0.6 is 0 Å². The van der Waals surface area contributed by atoms with Crippen LogP contribution < -0.4 is 10.2 Å². The lowest BCUT2D eigenvalue weighted by atomic mass is 10.1. The van der Waals surface area contributed by atoms with Crippen molar-refractivity contribution in [2.75, 3.05) is 36.4 Å². The summed E-state index contributed by atoms with van der Waals surface area (Å²) in [4.78, 5) is 25.7. The molecule has 0 saturated carbocycles. The van der Waals surface area contributed by atoms with Crippen LogP contribution in [-0.4, -0.2) is 47.0 Å². The predicted octanol–water partition coefficient (Wildman–Crippen LogP) is 3.80. The zero-order valence-electron chi connectivity index (χ0n) is 16.8. The highest BCUT2D eigenvalue weighted by molar-refractivity contribution is 5.95. The fourth-order valence-corrected chi connectivity index (χ4v) is 3.47. The van der Waals surface area contributed by atoms with Crippen LogP contribution in [0.5, 0.6) is 0 Å². The standard InChI is InChI=1S/C23H25N5O/c1-17-6-7-20(13-18(17)2)26-21-14-19(15-24-16-21)23(29)28-11-9-27(10-12-28)22-5-3-4-8-25-22/h3-8,13-16,26H,9-12H2,1-2H3. The average molecular weight is 387 g/mol. The number of aromatic nitrogens is 2. The minimum absolute atomic E-state index is 0.0157. The molecule has 6 heteroatoms. The van der Waals surface area contributed by atoms with Gasteiger partial charge < -0.3 is 15.1 Å². The summed E-state index contributed by atoms with van der Waals surface area (Å²) in [6, 6.07) is 14.0. The van der Waals surface area contributed by atoms with Gasteiger partial charge in [0.25, 0.3) is 5.91 Å². The Hall–Kier alpha value is -3.41. The lowest BCUT2D eigenvalue weighted by molar-refractivity contribution is 0.0746. The molecule has 148 valence electrons. The molecule has 1 N–H and O–H groups in total. The Morgan fingerprint density at radius 1 is 0.931 bits per heavy atom. The zero-order chi connectivity index (χ0) is 20.2. The van der Waals surface area contributed by atoms with E-state index >= 15 is 0 Å². The second kappa shape index (κ2) is 8.31. The molecule has 3 heterocycles. The summed E-state index contributed by atoms with van der Waals surface area (Å²) < 4.78 is 0. The summed E-state index contributed by atoms with van der Waals surface area (Å²) in [5.74, 6) is 0.975. The highest BCUT2D eigenvalue weighted by Gasteiger charge is 2.23. The van der Waals surface area contributed by atoms with E-state index in [-0.39, 0.29) is 5.91 Å². The quantitative estimate of drug-likeness (QED) is 0.738. The first kappa shape index (κ1) is 18.9. The molecule has 0 aliphatic carbocycles. The summed E-state index contributed by atoms with van der Waals surface area (Å²) >= 11 is 0. The number of benzene rings is 1. The summed E-state index contributed by atoms with van der Waals surface area (Å²) in [5, 5.41) is 3.35. The molecule has 1 aromatic carbocycles. The van der Waals surface area contributed by atoms with Crippen molar-refractivity contribution in [3.05, 3.63) is 77.7 Å². The van der Waals surface area contributed by atoms with Gasteiger partial charge in [-0.1, -0.05) is 12.1 Å². The van der Waals surface area contributed by atoms with Crippen LogP contribution in [0.3, 0.4) is 0 Å². The highest BCUT2D eigenvalue weighted by Crippen LogP contribution is 2.21. The highest BCUT2D eigenvalue weighted by atomic mass is 16.2. The average Bonchev–Trinajstić information content (AvgIpc) is 2.77. The van der Waals surface area contributed by atoms with E-state index in [0.29, 0.717) is 18.7 Å². The fraction of sp³-hybridized carbons (Fsp3) is 0.261. The molecule has 0 spiro atoms. The van der Waals surface area contributed by atoms with E-state index in [1.54, 1.807) is 18.6 Å². The third-order valence-electron chi connectivity index (χ3n) is 5.32. The lowest BCUT2D eigenvalue weighted by Crippen LogP contribution is -2.49. The second-order valence-electron chi connectivity index (χ2n) is 7.35. The van der Waals surface area contributed by atoms with Crippen molar-refractivity contribution in [2.45, 2.75) is 13.8 Å². The Labute approximate surface area is 171 Å². The van der Waals surface area contributed by atoms with Crippen LogP contribution in [0.1, 0.15) is 21.5 Å². The van der Waals surface area contributed by atoms with Crippen molar-refractivity contribution in [3.63, 3.8) is 0 Å². The monoisotopic (exact) mass is 387 g/mol. The summed E-state index contributed by atoms with van der Waals surface area (Å²) in [7, 11) is 0. The van der Waals surface area contributed by atoms with Crippen molar-refractivity contribution in [3.8, 4) is 0 Å². The number of rotatable bonds is 4. The van der Waals surface area contributed by atoms with E-state index in [2.05, 4.69) is 46.2 Å². The number of hydrogen-bond acceptors (Lipinski definition) is 5. The lowest BCUT2D eigenvalue weighted by Gasteiger charge is -2.35. The molecule has 1 saturated heterocycles. The molecule has 1 aliphatic heterocycles. The number of hydrogen-bond donors (Lipinski definition) is 1. The van der Waals surface area contributed by atoms with Gasteiger partial charge >= 0.3 is 0 Å². The molecule has 1 fully saturated rings. The Kier molecular flexibility index (Phi) is 5.42. The minimum Gasteiger partial charge on any atom is -0.354 e. The molecule has 4 rings (SSSR count). The van der Waals surface area contributed by atoms with Gasteiger partial charge in [-0.15, -0.1) is 0 Å². The molecule has 3 aromatic rings. The first-order valence-corrected chi connectivity index (χ1v) is 9.85. The number of nitrogens with one attached hydrogen (secondary N) is 1. The molecular weight excluding hydrogens is 362 g/mol. The molecule has 0 radical (unpaired) electrons. The SMILES string of the molecule is Cc1ccc(Nc2cncc(C(=O)N3CCN(c4ccccn4)CC3)c2)cc1C. The largest absolute Gasteiger partial charge is 0.354 e.